The Labute approximate surface area is 102 Å². The molecule has 4 nitrogen and oxygen atoms in total. The lowest BCUT2D eigenvalue weighted by Gasteiger charge is -2.35. The third-order valence-electron chi connectivity index (χ3n) is 4.25. The van der Waals surface area contributed by atoms with Crippen LogP contribution in [0.1, 0.15) is 38.5 Å². The third-order valence-corrected chi connectivity index (χ3v) is 6.00. The fourth-order valence-electron chi connectivity index (χ4n) is 2.87. The molecule has 1 heterocycles. The Morgan fingerprint density at radius 1 is 1.00 bits per heavy atom. The van der Waals surface area contributed by atoms with Crippen LogP contribution in [0.4, 0.5) is 0 Å². The molecule has 0 aromatic rings. The second-order valence-corrected chi connectivity index (χ2v) is 7.89. The molecule has 0 radical (unpaired) electrons. The monoisotopic (exact) mass is 257 g/mol. The van der Waals surface area contributed by atoms with E-state index < -0.39 is 9.84 Å². The zero-order valence-electron chi connectivity index (χ0n) is 9.97. The maximum absolute atomic E-state index is 12.3. The van der Waals surface area contributed by atoms with Gasteiger partial charge in [-0.1, -0.05) is 6.42 Å². The molecule has 2 saturated carbocycles. The summed E-state index contributed by atoms with van der Waals surface area (Å²) < 4.78 is 23.1. The molecule has 2 aliphatic carbocycles. The van der Waals surface area contributed by atoms with Gasteiger partial charge in [0, 0.05) is 18.0 Å². The molecule has 0 spiro atoms. The van der Waals surface area contributed by atoms with Crippen molar-refractivity contribution in [2.75, 3.05) is 11.5 Å². The molecule has 0 aromatic carbocycles. The maximum Gasteiger partial charge on any atom is 0.226 e. The second kappa shape index (κ2) is 3.97. The molecule has 5 heteroatoms. The number of rotatable bonds is 3. The Bertz CT molecular complexity index is 423. The molecule has 1 amide bonds. The van der Waals surface area contributed by atoms with Crippen LogP contribution in [-0.2, 0) is 14.6 Å². The topological polar surface area (TPSA) is 54.5 Å². The lowest BCUT2D eigenvalue weighted by Crippen LogP contribution is -2.47. The standard InChI is InChI=1S/C12H19NO3S/c14-12(9-2-1-3-9)13(10-4-5-10)11-6-7-17(15,16)8-11/h9-11H,1-8H2/t11-/m1/s1. The van der Waals surface area contributed by atoms with E-state index >= 15 is 0 Å². The molecule has 1 saturated heterocycles. The summed E-state index contributed by atoms with van der Waals surface area (Å²) in [7, 11) is -2.89. The number of nitrogens with zero attached hydrogens (tertiary/aromatic N) is 1. The number of carbonyl (C=O) groups excluding carboxylic acids is 1. The Morgan fingerprint density at radius 2 is 1.71 bits per heavy atom. The lowest BCUT2D eigenvalue weighted by atomic mass is 9.84. The SMILES string of the molecule is O=C(C1CCC1)N(C1CC1)[C@@H]1CCS(=O)(=O)C1. The predicted molar refractivity (Wildman–Crippen MR) is 64.3 cm³/mol. The molecule has 0 aromatic heterocycles. The number of carbonyl (C=O) groups is 1. The van der Waals surface area contributed by atoms with Gasteiger partial charge in [-0.2, -0.15) is 0 Å². The molecular weight excluding hydrogens is 238 g/mol. The van der Waals surface area contributed by atoms with Crippen molar-refractivity contribution in [3.05, 3.63) is 0 Å². The predicted octanol–water partition coefficient (Wildman–Crippen LogP) is 0.965. The zero-order chi connectivity index (χ0) is 12.0. The van der Waals surface area contributed by atoms with Crippen molar-refractivity contribution in [2.45, 2.75) is 50.6 Å². The summed E-state index contributed by atoms with van der Waals surface area (Å²) in [4.78, 5) is 14.3. The van der Waals surface area contributed by atoms with Gasteiger partial charge in [0.1, 0.15) is 0 Å². The summed E-state index contributed by atoms with van der Waals surface area (Å²) in [6.45, 7) is 0. The summed E-state index contributed by atoms with van der Waals surface area (Å²) in [6.07, 6.45) is 5.93. The van der Waals surface area contributed by atoms with Gasteiger partial charge in [-0.15, -0.1) is 0 Å². The average molecular weight is 257 g/mol. The summed E-state index contributed by atoms with van der Waals surface area (Å²) in [6, 6.07) is 0.321. The van der Waals surface area contributed by atoms with E-state index in [0.717, 1.165) is 32.1 Å². The minimum Gasteiger partial charge on any atom is -0.335 e. The number of amides is 1. The van der Waals surface area contributed by atoms with Gasteiger partial charge in [0.2, 0.25) is 5.91 Å². The summed E-state index contributed by atoms with van der Waals surface area (Å²) >= 11 is 0. The van der Waals surface area contributed by atoms with E-state index in [1.807, 2.05) is 4.90 Å². The molecule has 3 fully saturated rings. The van der Waals surface area contributed by atoms with Crippen LogP contribution >= 0.6 is 0 Å². The molecule has 0 N–H and O–H groups in total. The van der Waals surface area contributed by atoms with Crippen LogP contribution in [0.3, 0.4) is 0 Å². The Hall–Kier alpha value is -0.580. The highest BCUT2D eigenvalue weighted by molar-refractivity contribution is 7.91. The quantitative estimate of drug-likeness (QED) is 0.757. The second-order valence-electron chi connectivity index (χ2n) is 5.66. The van der Waals surface area contributed by atoms with E-state index in [1.165, 1.54) is 0 Å². The van der Waals surface area contributed by atoms with Crippen molar-refractivity contribution in [1.82, 2.24) is 4.90 Å². The van der Waals surface area contributed by atoms with E-state index in [9.17, 15) is 13.2 Å². The normalized spacial score (nSPS) is 32.1. The largest absolute Gasteiger partial charge is 0.335 e. The third kappa shape index (κ3) is 2.21. The Kier molecular flexibility index (Phi) is 2.69. The van der Waals surface area contributed by atoms with Crippen molar-refractivity contribution in [2.24, 2.45) is 5.92 Å². The van der Waals surface area contributed by atoms with Gasteiger partial charge in [-0.05, 0) is 32.1 Å². The smallest absolute Gasteiger partial charge is 0.226 e. The molecule has 96 valence electrons. The van der Waals surface area contributed by atoms with E-state index in [1.54, 1.807) is 0 Å². The van der Waals surface area contributed by atoms with Gasteiger partial charge in [-0.3, -0.25) is 4.79 Å². The fourth-order valence-corrected chi connectivity index (χ4v) is 4.58. The van der Waals surface area contributed by atoms with Crippen molar-refractivity contribution in [3.63, 3.8) is 0 Å². The van der Waals surface area contributed by atoms with Gasteiger partial charge in [-0.25, -0.2) is 8.42 Å². The molecule has 3 aliphatic rings. The highest BCUT2D eigenvalue weighted by Crippen LogP contribution is 2.37. The van der Waals surface area contributed by atoms with E-state index in [0.29, 0.717) is 12.5 Å². The highest BCUT2D eigenvalue weighted by Gasteiger charge is 2.44. The first kappa shape index (κ1) is 11.5. The zero-order valence-corrected chi connectivity index (χ0v) is 10.8. The van der Waals surface area contributed by atoms with Gasteiger partial charge in [0.25, 0.3) is 0 Å². The van der Waals surface area contributed by atoms with Crippen LogP contribution in [0.2, 0.25) is 0 Å². The Morgan fingerprint density at radius 3 is 2.12 bits per heavy atom. The van der Waals surface area contributed by atoms with Crippen LogP contribution in [0.5, 0.6) is 0 Å². The Balaban J connectivity index is 1.74. The summed E-state index contributed by atoms with van der Waals surface area (Å²) in [5.41, 5.74) is 0. The first-order chi connectivity index (χ1) is 8.07. The van der Waals surface area contributed by atoms with Gasteiger partial charge < -0.3 is 4.90 Å². The summed E-state index contributed by atoms with van der Waals surface area (Å²) in [5, 5.41) is 0. The van der Waals surface area contributed by atoms with Gasteiger partial charge in [0.15, 0.2) is 9.84 Å². The van der Waals surface area contributed by atoms with Crippen molar-refractivity contribution >= 4 is 15.7 Å². The molecule has 0 bridgehead atoms. The number of hydrogen-bond donors (Lipinski definition) is 0. The fraction of sp³-hybridized carbons (Fsp3) is 0.917. The minimum absolute atomic E-state index is 0.0272. The molecular formula is C12H19NO3S. The molecule has 3 rings (SSSR count). The molecule has 0 unspecified atom stereocenters. The van der Waals surface area contributed by atoms with Gasteiger partial charge in [0.05, 0.1) is 11.5 Å². The first-order valence-electron chi connectivity index (χ1n) is 6.59. The highest BCUT2D eigenvalue weighted by atomic mass is 32.2. The van der Waals surface area contributed by atoms with Gasteiger partial charge >= 0.3 is 0 Å². The lowest BCUT2D eigenvalue weighted by molar-refractivity contribution is -0.140. The molecule has 17 heavy (non-hydrogen) atoms. The summed E-state index contributed by atoms with van der Waals surface area (Å²) in [5.74, 6) is 0.889. The first-order valence-corrected chi connectivity index (χ1v) is 8.41. The maximum atomic E-state index is 12.3. The van der Waals surface area contributed by atoms with Crippen LogP contribution in [0, 0.1) is 5.92 Å². The van der Waals surface area contributed by atoms with Crippen molar-refractivity contribution < 1.29 is 13.2 Å². The van der Waals surface area contributed by atoms with Crippen LogP contribution in [-0.4, -0.2) is 42.8 Å². The van der Waals surface area contributed by atoms with Crippen LogP contribution in [0.15, 0.2) is 0 Å². The van der Waals surface area contributed by atoms with Crippen molar-refractivity contribution in [1.29, 1.82) is 0 Å². The minimum atomic E-state index is -2.89. The number of sulfone groups is 1. The van der Waals surface area contributed by atoms with E-state index in [4.69, 9.17) is 0 Å². The van der Waals surface area contributed by atoms with Crippen LogP contribution < -0.4 is 0 Å². The molecule has 1 atom stereocenters. The molecule has 1 aliphatic heterocycles. The van der Waals surface area contributed by atoms with E-state index in [-0.39, 0.29) is 29.4 Å². The van der Waals surface area contributed by atoms with Crippen LogP contribution in [0.25, 0.3) is 0 Å². The van der Waals surface area contributed by atoms with E-state index in [2.05, 4.69) is 0 Å². The average Bonchev–Trinajstić information content (AvgIpc) is 2.89. The van der Waals surface area contributed by atoms with Crippen molar-refractivity contribution in [3.8, 4) is 0 Å². The number of hydrogen-bond acceptors (Lipinski definition) is 3.